The second kappa shape index (κ2) is 10.2. The number of aromatic nitrogens is 3. The van der Waals surface area contributed by atoms with Crippen LogP contribution in [0.5, 0.6) is 11.6 Å². The van der Waals surface area contributed by atoms with Gasteiger partial charge in [0.1, 0.15) is 18.6 Å². The first-order chi connectivity index (χ1) is 16.0. The van der Waals surface area contributed by atoms with E-state index in [1.54, 1.807) is 30.0 Å². The van der Waals surface area contributed by atoms with Crippen molar-refractivity contribution in [2.24, 2.45) is 0 Å². The first-order valence-electron chi connectivity index (χ1n) is 9.94. The molecule has 0 bridgehead atoms. The number of halogens is 1. The lowest BCUT2D eigenvalue weighted by molar-refractivity contribution is -0.119. The van der Waals surface area contributed by atoms with Gasteiger partial charge in [-0.2, -0.15) is 4.98 Å². The highest BCUT2D eigenvalue weighted by Crippen LogP contribution is 2.30. The second-order valence-electron chi connectivity index (χ2n) is 7.03. The van der Waals surface area contributed by atoms with Crippen LogP contribution in [0, 0.1) is 5.82 Å². The van der Waals surface area contributed by atoms with Gasteiger partial charge in [0.05, 0.1) is 11.9 Å². The molecule has 0 unspecified atom stereocenters. The second-order valence-corrected chi connectivity index (χ2v) is 7.44. The molecule has 2 heterocycles. The molecule has 4 aromatic rings. The van der Waals surface area contributed by atoms with Crippen LogP contribution >= 0.6 is 12.2 Å². The first kappa shape index (κ1) is 22.3. The van der Waals surface area contributed by atoms with Crippen molar-refractivity contribution in [1.29, 1.82) is 0 Å². The summed E-state index contributed by atoms with van der Waals surface area (Å²) < 4.78 is 27.4. The van der Waals surface area contributed by atoms with Gasteiger partial charge in [0, 0.05) is 25.1 Å². The summed E-state index contributed by atoms with van der Waals surface area (Å²) in [5, 5.41) is 5.45. The largest absolute Gasteiger partial charge is 0.434 e. The minimum absolute atomic E-state index is 0.0234. The van der Waals surface area contributed by atoms with Gasteiger partial charge < -0.3 is 24.7 Å². The van der Waals surface area contributed by atoms with E-state index < -0.39 is 5.82 Å². The number of anilines is 1. The average Bonchev–Trinajstić information content (AvgIpc) is 3.20. The monoisotopic (exact) mass is 465 g/mol. The Labute approximate surface area is 194 Å². The number of benzene rings is 2. The summed E-state index contributed by atoms with van der Waals surface area (Å²) in [4.78, 5) is 20.5. The number of fused-ring (bicyclic) bond motifs is 1. The third-order valence-electron chi connectivity index (χ3n) is 4.64. The van der Waals surface area contributed by atoms with Gasteiger partial charge in [-0.1, -0.05) is 30.3 Å². The molecule has 0 saturated heterocycles. The maximum Gasteiger partial charge on any atom is 0.247 e. The number of hydrogen-bond donors (Lipinski definition) is 2. The fourth-order valence-electron chi connectivity index (χ4n) is 3.20. The molecule has 0 fully saturated rings. The molecule has 0 aliphatic rings. The summed E-state index contributed by atoms with van der Waals surface area (Å²) in [6.07, 6.45) is 3.31. The van der Waals surface area contributed by atoms with Gasteiger partial charge in [-0.25, -0.2) is 9.37 Å². The van der Waals surface area contributed by atoms with Gasteiger partial charge in [0.2, 0.25) is 11.8 Å². The Morgan fingerprint density at radius 1 is 1.15 bits per heavy atom. The normalized spacial score (nSPS) is 10.7. The van der Waals surface area contributed by atoms with Crippen molar-refractivity contribution in [3.8, 4) is 11.6 Å². The van der Waals surface area contributed by atoms with E-state index in [1.807, 2.05) is 30.3 Å². The summed E-state index contributed by atoms with van der Waals surface area (Å²) in [6, 6.07) is 15.3. The van der Waals surface area contributed by atoms with Gasteiger partial charge in [0.25, 0.3) is 0 Å². The van der Waals surface area contributed by atoms with Crippen LogP contribution in [0.1, 0.15) is 5.56 Å². The molecule has 0 atom stereocenters. The Balaban J connectivity index is 1.42. The zero-order valence-electron chi connectivity index (χ0n) is 17.6. The van der Waals surface area contributed by atoms with E-state index in [0.717, 1.165) is 5.56 Å². The number of rotatable bonds is 7. The standard InChI is InChI=1S/C23H20FN5O3S/c1-31-14-29-10-9-18-21(29)22(26-13-25-18)32-19-8-7-16(12-17(19)24)27-23(33)28-20(30)11-15-5-3-2-4-6-15/h2-10,12-13H,11,14H2,1H3,(H2,27,28,30,33). The molecule has 33 heavy (non-hydrogen) atoms. The van der Waals surface area contributed by atoms with Crippen LogP contribution < -0.4 is 15.4 Å². The highest BCUT2D eigenvalue weighted by Gasteiger charge is 2.14. The van der Waals surface area contributed by atoms with Crippen molar-refractivity contribution in [1.82, 2.24) is 19.9 Å². The van der Waals surface area contributed by atoms with Gasteiger partial charge in [-0.05, 0) is 36.0 Å². The molecule has 0 aliphatic carbocycles. The molecular formula is C23H20FN5O3S. The minimum atomic E-state index is -0.630. The van der Waals surface area contributed by atoms with Crippen molar-refractivity contribution in [3.63, 3.8) is 0 Å². The fourth-order valence-corrected chi connectivity index (χ4v) is 3.44. The van der Waals surface area contributed by atoms with Crippen molar-refractivity contribution in [2.75, 3.05) is 12.4 Å². The highest BCUT2D eigenvalue weighted by molar-refractivity contribution is 7.80. The Kier molecular flexibility index (Phi) is 6.86. The number of ether oxygens (including phenoxy) is 2. The van der Waals surface area contributed by atoms with Crippen molar-refractivity contribution in [3.05, 3.63) is 78.5 Å². The number of carbonyl (C=O) groups excluding carboxylic acids is 1. The van der Waals surface area contributed by atoms with Crippen molar-refractivity contribution < 1.29 is 18.7 Å². The molecule has 1 amide bonds. The zero-order valence-corrected chi connectivity index (χ0v) is 18.4. The van der Waals surface area contributed by atoms with Crippen LogP contribution in [-0.2, 0) is 22.7 Å². The highest BCUT2D eigenvalue weighted by atomic mass is 32.1. The molecule has 2 N–H and O–H groups in total. The molecule has 10 heteroatoms. The third-order valence-corrected chi connectivity index (χ3v) is 4.85. The van der Waals surface area contributed by atoms with Gasteiger partial charge in [-0.15, -0.1) is 0 Å². The molecule has 0 aliphatic heterocycles. The van der Waals surface area contributed by atoms with Crippen LogP contribution in [0.3, 0.4) is 0 Å². The summed E-state index contributed by atoms with van der Waals surface area (Å²) in [7, 11) is 1.57. The molecule has 2 aromatic carbocycles. The summed E-state index contributed by atoms with van der Waals surface area (Å²) in [5.74, 6) is -0.726. The average molecular weight is 466 g/mol. The molecule has 0 saturated carbocycles. The van der Waals surface area contributed by atoms with Crippen LogP contribution in [0.15, 0.2) is 67.1 Å². The molecule has 168 valence electrons. The quantitative estimate of drug-likeness (QED) is 0.399. The van der Waals surface area contributed by atoms with E-state index >= 15 is 0 Å². The molecule has 0 radical (unpaired) electrons. The van der Waals surface area contributed by atoms with E-state index in [-0.39, 0.29) is 35.8 Å². The molecule has 4 rings (SSSR count). The van der Waals surface area contributed by atoms with Crippen LogP contribution in [0.4, 0.5) is 10.1 Å². The Morgan fingerprint density at radius 3 is 2.73 bits per heavy atom. The fraction of sp³-hybridized carbons (Fsp3) is 0.130. The lowest BCUT2D eigenvalue weighted by Crippen LogP contribution is -2.35. The third kappa shape index (κ3) is 5.48. The van der Waals surface area contributed by atoms with E-state index in [2.05, 4.69) is 20.6 Å². The number of hydrogen-bond acceptors (Lipinski definition) is 6. The van der Waals surface area contributed by atoms with Crippen molar-refractivity contribution >= 4 is 40.0 Å². The van der Waals surface area contributed by atoms with E-state index in [1.165, 1.54) is 18.5 Å². The number of methoxy groups -OCH3 is 1. The minimum Gasteiger partial charge on any atom is -0.434 e. The SMILES string of the molecule is COCn1ccc2ncnc(Oc3ccc(NC(=S)NC(=O)Cc4ccccc4)cc3F)c21. The molecule has 0 spiro atoms. The predicted octanol–water partition coefficient (Wildman–Crippen LogP) is 4.02. The summed E-state index contributed by atoms with van der Waals surface area (Å²) >= 11 is 5.16. The Bertz CT molecular complexity index is 1300. The van der Waals surface area contributed by atoms with E-state index in [9.17, 15) is 9.18 Å². The Hall–Kier alpha value is -3.89. The van der Waals surface area contributed by atoms with E-state index in [4.69, 9.17) is 21.7 Å². The van der Waals surface area contributed by atoms with Crippen LogP contribution in [0.2, 0.25) is 0 Å². The number of thiocarbonyl (C=S) groups is 1. The van der Waals surface area contributed by atoms with Crippen LogP contribution in [-0.4, -0.2) is 32.7 Å². The van der Waals surface area contributed by atoms with Gasteiger partial charge in [-0.3, -0.25) is 4.79 Å². The van der Waals surface area contributed by atoms with Gasteiger partial charge in [0.15, 0.2) is 16.7 Å². The molecular weight excluding hydrogens is 445 g/mol. The maximum atomic E-state index is 14.7. The number of carbonyl (C=O) groups is 1. The van der Waals surface area contributed by atoms with E-state index in [0.29, 0.717) is 16.7 Å². The lowest BCUT2D eigenvalue weighted by Gasteiger charge is -2.12. The van der Waals surface area contributed by atoms with Crippen LogP contribution in [0.25, 0.3) is 11.0 Å². The number of nitrogens with zero attached hydrogens (tertiary/aromatic N) is 3. The maximum absolute atomic E-state index is 14.7. The predicted molar refractivity (Wildman–Crippen MR) is 126 cm³/mol. The van der Waals surface area contributed by atoms with Gasteiger partial charge >= 0.3 is 0 Å². The summed E-state index contributed by atoms with van der Waals surface area (Å²) in [5.41, 5.74) is 2.46. The topological polar surface area (TPSA) is 90.3 Å². The smallest absolute Gasteiger partial charge is 0.247 e. The Morgan fingerprint density at radius 2 is 1.97 bits per heavy atom. The van der Waals surface area contributed by atoms with Crippen molar-refractivity contribution in [2.45, 2.75) is 13.2 Å². The molecule has 8 nitrogen and oxygen atoms in total. The molecule has 2 aromatic heterocycles. The lowest BCUT2D eigenvalue weighted by atomic mass is 10.1. The zero-order chi connectivity index (χ0) is 23.2. The first-order valence-corrected chi connectivity index (χ1v) is 10.4. The number of nitrogens with one attached hydrogen (secondary N) is 2. The number of amides is 1. The summed E-state index contributed by atoms with van der Waals surface area (Å²) in [6.45, 7) is 0.270.